The number of rotatable bonds is 2. The van der Waals surface area contributed by atoms with Gasteiger partial charge in [0.1, 0.15) is 6.10 Å². The summed E-state index contributed by atoms with van der Waals surface area (Å²) in [5.41, 5.74) is 1.40. The lowest BCUT2D eigenvalue weighted by Gasteiger charge is -2.13. The number of thiophene rings is 1. The summed E-state index contributed by atoms with van der Waals surface area (Å²) in [7, 11) is 0. The number of pyridine rings is 1. The molecule has 1 atom stereocenters. The van der Waals surface area contributed by atoms with E-state index in [1.807, 2.05) is 11.4 Å². The molecule has 0 bridgehead atoms. The minimum absolute atomic E-state index is 0.0780. The second-order valence-electron chi connectivity index (χ2n) is 4.57. The van der Waals surface area contributed by atoms with Gasteiger partial charge in [0.25, 0.3) is 0 Å². The third kappa shape index (κ3) is 2.09. The van der Waals surface area contributed by atoms with E-state index in [0.29, 0.717) is 5.56 Å². The Balaban J connectivity index is 2.07. The van der Waals surface area contributed by atoms with Crippen LogP contribution >= 0.6 is 11.3 Å². The van der Waals surface area contributed by atoms with Gasteiger partial charge in [-0.2, -0.15) is 0 Å². The average molecular weight is 291 g/mol. The Morgan fingerprint density at radius 1 is 1.20 bits per heavy atom. The van der Waals surface area contributed by atoms with E-state index < -0.39 is 17.7 Å². The first kappa shape index (κ1) is 13.1. The van der Waals surface area contributed by atoms with Crippen molar-refractivity contribution in [3.8, 4) is 0 Å². The van der Waals surface area contributed by atoms with Gasteiger partial charge in [-0.25, -0.2) is 8.78 Å². The Hall–Kier alpha value is -1.85. The molecule has 0 aliphatic heterocycles. The van der Waals surface area contributed by atoms with Crippen LogP contribution in [0.15, 0.2) is 35.8 Å². The van der Waals surface area contributed by atoms with Crippen molar-refractivity contribution in [1.82, 2.24) is 4.98 Å². The minimum atomic E-state index is -1.23. The largest absolute Gasteiger partial charge is 0.383 e. The van der Waals surface area contributed by atoms with Crippen LogP contribution in [0, 0.1) is 18.6 Å². The molecule has 0 aliphatic rings. The Labute approximate surface area is 118 Å². The molecule has 2 heterocycles. The van der Waals surface area contributed by atoms with E-state index in [4.69, 9.17) is 0 Å². The molecule has 0 aliphatic carbocycles. The lowest BCUT2D eigenvalue weighted by atomic mass is 10.0. The molecule has 3 aromatic rings. The molecular weight excluding hydrogens is 280 g/mol. The van der Waals surface area contributed by atoms with Crippen LogP contribution in [0.1, 0.15) is 22.8 Å². The van der Waals surface area contributed by atoms with Gasteiger partial charge in [-0.1, -0.05) is 12.1 Å². The molecule has 5 heteroatoms. The zero-order chi connectivity index (χ0) is 14.3. The van der Waals surface area contributed by atoms with Crippen molar-refractivity contribution < 1.29 is 13.9 Å². The van der Waals surface area contributed by atoms with E-state index >= 15 is 0 Å². The molecule has 1 aromatic carbocycles. The van der Waals surface area contributed by atoms with E-state index in [9.17, 15) is 13.9 Å². The maximum absolute atomic E-state index is 13.9. The van der Waals surface area contributed by atoms with Gasteiger partial charge in [0.05, 0.1) is 10.2 Å². The fourth-order valence-corrected chi connectivity index (χ4v) is 2.85. The van der Waals surface area contributed by atoms with Crippen molar-refractivity contribution >= 4 is 21.6 Å². The summed E-state index contributed by atoms with van der Waals surface area (Å²) in [6.45, 7) is 1.48. The Kier molecular flexibility index (Phi) is 3.23. The van der Waals surface area contributed by atoms with Gasteiger partial charge in [-0.15, -0.1) is 11.3 Å². The van der Waals surface area contributed by atoms with Crippen molar-refractivity contribution in [3.05, 3.63) is 64.2 Å². The van der Waals surface area contributed by atoms with E-state index in [2.05, 4.69) is 4.98 Å². The predicted molar refractivity (Wildman–Crippen MR) is 74.8 cm³/mol. The van der Waals surface area contributed by atoms with Gasteiger partial charge in [0.2, 0.25) is 0 Å². The molecule has 102 valence electrons. The highest BCUT2D eigenvalue weighted by atomic mass is 32.1. The quantitative estimate of drug-likeness (QED) is 0.775. The SMILES string of the molecule is Cc1ccc(C(O)c2cnc3ccsc3c2)c(F)c1F. The topological polar surface area (TPSA) is 33.1 Å². The zero-order valence-electron chi connectivity index (χ0n) is 10.6. The van der Waals surface area contributed by atoms with Crippen molar-refractivity contribution in [2.45, 2.75) is 13.0 Å². The van der Waals surface area contributed by atoms with Gasteiger partial charge in [-0.3, -0.25) is 4.98 Å². The molecule has 20 heavy (non-hydrogen) atoms. The van der Waals surface area contributed by atoms with Crippen LogP contribution < -0.4 is 0 Å². The van der Waals surface area contributed by atoms with E-state index in [0.717, 1.165) is 10.2 Å². The lowest BCUT2D eigenvalue weighted by Crippen LogP contribution is -2.05. The fraction of sp³-hybridized carbons (Fsp3) is 0.133. The highest BCUT2D eigenvalue weighted by molar-refractivity contribution is 7.17. The lowest BCUT2D eigenvalue weighted by molar-refractivity contribution is 0.213. The number of nitrogens with zero attached hydrogens (tertiary/aromatic N) is 1. The van der Waals surface area contributed by atoms with Crippen LogP contribution in [0.25, 0.3) is 10.2 Å². The molecule has 2 nitrogen and oxygen atoms in total. The smallest absolute Gasteiger partial charge is 0.165 e. The summed E-state index contributed by atoms with van der Waals surface area (Å²) < 4.78 is 28.4. The molecule has 0 spiro atoms. The highest BCUT2D eigenvalue weighted by Crippen LogP contribution is 2.29. The van der Waals surface area contributed by atoms with Crippen LogP contribution in [0.2, 0.25) is 0 Å². The number of aliphatic hydroxyl groups excluding tert-OH is 1. The second kappa shape index (κ2) is 4.92. The molecule has 0 saturated carbocycles. The van der Waals surface area contributed by atoms with Gasteiger partial charge in [0, 0.05) is 17.3 Å². The van der Waals surface area contributed by atoms with Crippen LogP contribution in [-0.2, 0) is 0 Å². The molecule has 0 saturated heterocycles. The number of benzene rings is 1. The van der Waals surface area contributed by atoms with Crippen LogP contribution in [0.4, 0.5) is 8.78 Å². The normalized spacial score (nSPS) is 12.8. The number of fused-ring (bicyclic) bond motifs is 1. The molecule has 0 radical (unpaired) electrons. The maximum Gasteiger partial charge on any atom is 0.165 e. The number of aliphatic hydroxyl groups is 1. The summed E-state index contributed by atoms with van der Waals surface area (Å²) in [5, 5.41) is 12.1. The Bertz CT molecular complexity index is 785. The van der Waals surface area contributed by atoms with Crippen LogP contribution in [-0.4, -0.2) is 10.1 Å². The molecule has 1 N–H and O–H groups in total. The standard InChI is InChI=1S/C15H11F2NOS/c1-8-2-3-10(14(17)13(8)16)15(19)9-6-12-11(18-7-9)4-5-20-12/h2-7,15,19H,1H3. The number of hydrogen-bond donors (Lipinski definition) is 1. The monoisotopic (exact) mass is 291 g/mol. The molecule has 3 rings (SSSR count). The average Bonchev–Trinajstić information content (AvgIpc) is 2.91. The number of hydrogen-bond acceptors (Lipinski definition) is 3. The predicted octanol–water partition coefficient (Wildman–Crippen LogP) is 3.96. The van der Waals surface area contributed by atoms with Crippen molar-refractivity contribution in [2.75, 3.05) is 0 Å². The molecular formula is C15H11F2NOS. The van der Waals surface area contributed by atoms with Crippen molar-refractivity contribution in [2.24, 2.45) is 0 Å². The van der Waals surface area contributed by atoms with Gasteiger partial charge in [-0.05, 0) is 30.0 Å². The molecule has 0 amide bonds. The number of aromatic nitrogens is 1. The van der Waals surface area contributed by atoms with E-state index in [-0.39, 0.29) is 11.1 Å². The minimum Gasteiger partial charge on any atom is -0.383 e. The van der Waals surface area contributed by atoms with Gasteiger partial charge < -0.3 is 5.11 Å². The van der Waals surface area contributed by atoms with Crippen LogP contribution in [0.3, 0.4) is 0 Å². The fourth-order valence-electron chi connectivity index (χ4n) is 2.06. The summed E-state index contributed by atoms with van der Waals surface area (Å²) in [6, 6.07) is 6.46. The first-order valence-electron chi connectivity index (χ1n) is 6.03. The third-order valence-electron chi connectivity index (χ3n) is 3.24. The Morgan fingerprint density at radius 3 is 2.80 bits per heavy atom. The summed E-state index contributed by atoms with van der Waals surface area (Å²) >= 11 is 1.48. The van der Waals surface area contributed by atoms with Crippen molar-refractivity contribution in [3.63, 3.8) is 0 Å². The van der Waals surface area contributed by atoms with Crippen molar-refractivity contribution in [1.29, 1.82) is 0 Å². The first-order chi connectivity index (χ1) is 9.58. The highest BCUT2D eigenvalue weighted by Gasteiger charge is 2.19. The second-order valence-corrected chi connectivity index (χ2v) is 5.52. The van der Waals surface area contributed by atoms with Gasteiger partial charge in [0.15, 0.2) is 11.6 Å². The van der Waals surface area contributed by atoms with Crippen LogP contribution in [0.5, 0.6) is 0 Å². The summed E-state index contributed by atoms with van der Waals surface area (Å²) in [5.74, 6) is -1.93. The molecule has 1 unspecified atom stereocenters. The summed E-state index contributed by atoms with van der Waals surface area (Å²) in [6.07, 6.45) is 0.251. The van der Waals surface area contributed by atoms with Gasteiger partial charge >= 0.3 is 0 Å². The first-order valence-corrected chi connectivity index (χ1v) is 6.91. The molecule has 2 aromatic heterocycles. The number of aryl methyl sites for hydroxylation is 1. The third-order valence-corrected chi connectivity index (χ3v) is 4.09. The maximum atomic E-state index is 13.9. The van der Waals surface area contributed by atoms with E-state index in [1.54, 1.807) is 6.07 Å². The zero-order valence-corrected chi connectivity index (χ0v) is 11.4. The Morgan fingerprint density at radius 2 is 2.00 bits per heavy atom. The molecule has 0 fully saturated rings. The van der Waals surface area contributed by atoms with E-state index in [1.165, 1.54) is 36.6 Å². The number of halogens is 2. The summed E-state index contributed by atoms with van der Waals surface area (Å²) in [4.78, 5) is 4.19.